The fourth-order valence-electron chi connectivity index (χ4n) is 1.27. The van der Waals surface area contributed by atoms with Crippen LogP contribution in [0.2, 0.25) is 5.02 Å². The maximum atomic E-state index is 12.9. The SMILES string of the molecule is Cc1conc1C(=O)Nc1ccc(F)c(Cl)c1. The molecule has 0 fully saturated rings. The average molecular weight is 255 g/mol. The lowest BCUT2D eigenvalue weighted by atomic mass is 10.2. The predicted molar refractivity (Wildman–Crippen MR) is 60.6 cm³/mol. The Morgan fingerprint density at radius 1 is 1.53 bits per heavy atom. The zero-order chi connectivity index (χ0) is 12.4. The highest BCUT2D eigenvalue weighted by atomic mass is 35.5. The van der Waals surface area contributed by atoms with Gasteiger partial charge in [0.15, 0.2) is 5.69 Å². The molecule has 0 bridgehead atoms. The third-order valence-corrected chi connectivity index (χ3v) is 2.43. The Balaban J connectivity index is 2.19. The van der Waals surface area contributed by atoms with E-state index in [1.165, 1.54) is 24.5 Å². The van der Waals surface area contributed by atoms with Crippen molar-refractivity contribution in [2.45, 2.75) is 6.92 Å². The topological polar surface area (TPSA) is 55.1 Å². The molecule has 1 amide bonds. The fourth-order valence-corrected chi connectivity index (χ4v) is 1.45. The predicted octanol–water partition coefficient (Wildman–Crippen LogP) is 3.03. The van der Waals surface area contributed by atoms with Crippen molar-refractivity contribution in [3.63, 3.8) is 0 Å². The van der Waals surface area contributed by atoms with Gasteiger partial charge in [-0.05, 0) is 25.1 Å². The summed E-state index contributed by atoms with van der Waals surface area (Å²) in [5.41, 5.74) is 1.20. The van der Waals surface area contributed by atoms with Crippen LogP contribution in [-0.4, -0.2) is 11.1 Å². The van der Waals surface area contributed by atoms with Crippen molar-refractivity contribution >= 4 is 23.2 Å². The van der Waals surface area contributed by atoms with Crippen LogP contribution in [0.1, 0.15) is 16.1 Å². The van der Waals surface area contributed by atoms with E-state index in [-0.39, 0.29) is 10.7 Å². The minimum Gasteiger partial charge on any atom is -0.364 e. The summed E-state index contributed by atoms with van der Waals surface area (Å²) in [6, 6.07) is 3.91. The molecular formula is C11H8ClFN2O2. The number of aromatic nitrogens is 1. The van der Waals surface area contributed by atoms with Crippen LogP contribution in [0.15, 0.2) is 29.0 Å². The molecule has 0 spiro atoms. The van der Waals surface area contributed by atoms with Gasteiger partial charge in [-0.15, -0.1) is 0 Å². The molecule has 0 aliphatic rings. The molecule has 1 heterocycles. The van der Waals surface area contributed by atoms with Crippen molar-refractivity contribution in [3.8, 4) is 0 Å². The molecule has 1 N–H and O–H groups in total. The molecule has 0 aliphatic carbocycles. The first kappa shape index (κ1) is 11.6. The summed E-state index contributed by atoms with van der Waals surface area (Å²) < 4.78 is 17.6. The van der Waals surface area contributed by atoms with Gasteiger partial charge in [-0.3, -0.25) is 4.79 Å². The van der Waals surface area contributed by atoms with E-state index >= 15 is 0 Å². The van der Waals surface area contributed by atoms with Crippen molar-refractivity contribution in [2.24, 2.45) is 0 Å². The largest absolute Gasteiger partial charge is 0.364 e. The van der Waals surface area contributed by atoms with Crippen molar-refractivity contribution in [1.29, 1.82) is 0 Å². The van der Waals surface area contributed by atoms with Crippen LogP contribution >= 0.6 is 11.6 Å². The van der Waals surface area contributed by atoms with E-state index in [2.05, 4.69) is 15.0 Å². The van der Waals surface area contributed by atoms with Crippen molar-refractivity contribution in [2.75, 3.05) is 5.32 Å². The van der Waals surface area contributed by atoms with Crippen LogP contribution in [0.4, 0.5) is 10.1 Å². The highest BCUT2D eigenvalue weighted by Gasteiger charge is 2.13. The number of anilines is 1. The summed E-state index contributed by atoms with van der Waals surface area (Å²) in [7, 11) is 0. The molecule has 0 unspecified atom stereocenters. The zero-order valence-electron chi connectivity index (χ0n) is 8.83. The zero-order valence-corrected chi connectivity index (χ0v) is 9.58. The lowest BCUT2D eigenvalue weighted by Crippen LogP contribution is -2.13. The highest BCUT2D eigenvalue weighted by molar-refractivity contribution is 6.31. The first-order valence-electron chi connectivity index (χ1n) is 4.75. The fraction of sp³-hybridized carbons (Fsp3) is 0.0909. The van der Waals surface area contributed by atoms with E-state index in [4.69, 9.17) is 11.6 Å². The minimum absolute atomic E-state index is 0.0559. The number of amides is 1. The third-order valence-electron chi connectivity index (χ3n) is 2.14. The molecule has 2 rings (SSSR count). The molecule has 6 heteroatoms. The van der Waals surface area contributed by atoms with Crippen molar-refractivity contribution < 1.29 is 13.7 Å². The van der Waals surface area contributed by atoms with E-state index in [9.17, 15) is 9.18 Å². The molecular weight excluding hydrogens is 247 g/mol. The molecule has 1 aromatic carbocycles. The Morgan fingerprint density at radius 3 is 2.88 bits per heavy atom. The van der Waals surface area contributed by atoms with Gasteiger partial charge in [0, 0.05) is 11.3 Å². The summed E-state index contributed by atoms with van der Waals surface area (Å²) in [6.07, 6.45) is 1.37. The maximum Gasteiger partial charge on any atom is 0.278 e. The molecule has 0 aliphatic heterocycles. The van der Waals surface area contributed by atoms with Gasteiger partial charge in [0.25, 0.3) is 5.91 Å². The number of hydrogen-bond acceptors (Lipinski definition) is 3. The summed E-state index contributed by atoms with van der Waals surface area (Å²) in [4.78, 5) is 11.7. The molecule has 0 atom stereocenters. The Kier molecular flexibility index (Phi) is 3.10. The monoisotopic (exact) mass is 254 g/mol. The quantitative estimate of drug-likeness (QED) is 0.896. The molecule has 2 aromatic rings. The van der Waals surface area contributed by atoms with Gasteiger partial charge in [-0.1, -0.05) is 16.8 Å². The third kappa shape index (κ3) is 2.45. The molecule has 4 nitrogen and oxygen atoms in total. The summed E-state index contributed by atoms with van der Waals surface area (Å²) >= 11 is 5.59. The van der Waals surface area contributed by atoms with E-state index in [1.54, 1.807) is 6.92 Å². The van der Waals surface area contributed by atoms with E-state index < -0.39 is 11.7 Å². The highest BCUT2D eigenvalue weighted by Crippen LogP contribution is 2.20. The Bertz CT molecular complexity index is 568. The van der Waals surface area contributed by atoms with Gasteiger partial charge < -0.3 is 9.84 Å². The van der Waals surface area contributed by atoms with Gasteiger partial charge in [0.1, 0.15) is 12.1 Å². The van der Waals surface area contributed by atoms with E-state index in [1.807, 2.05) is 0 Å². The van der Waals surface area contributed by atoms with Gasteiger partial charge >= 0.3 is 0 Å². The van der Waals surface area contributed by atoms with Crippen LogP contribution < -0.4 is 5.32 Å². The maximum absolute atomic E-state index is 12.9. The van der Waals surface area contributed by atoms with Crippen LogP contribution in [0.3, 0.4) is 0 Å². The molecule has 17 heavy (non-hydrogen) atoms. The number of nitrogens with one attached hydrogen (secondary N) is 1. The molecule has 0 radical (unpaired) electrons. The minimum atomic E-state index is -0.540. The first-order chi connectivity index (χ1) is 8.08. The number of hydrogen-bond donors (Lipinski definition) is 1. The van der Waals surface area contributed by atoms with E-state index in [0.29, 0.717) is 11.3 Å². The number of nitrogens with zero attached hydrogens (tertiary/aromatic N) is 1. The second kappa shape index (κ2) is 4.55. The number of halogens is 2. The molecule has 0 saturated heterocycles. The summed E-state index contributed by atoms with van der Waals surface area (Å²) in [5.74, 6) is -0.971. The van der Waals surface area contributed by atoms with Crippen molar-refractivity contribution in [1.82, 2.24) is 5.16 Å². The van der Waals surface area contributed by atoms with Crippen LogP contribution in [-0.2, 0) is 0 Å². The Hall–Kier alpha value is -1.88. The number of aryl methyl sites for hydroxylation is 1. The normalized spacial score (nSPS) is 10.3. The number of benzene rings is 1. The Labute approximate surface area is 101 Å². The number of carbonyl (C=O) groups excluding carboxylic acids is 1. The Morgan fingerprint density at radius 2 is 2.29 bits per heavy atom. The van der Waals surface area contributed by atoms with Crippen molar-refractivity contribution in [3.05, 3.63) is 46.6 Å². The van der Waals surface area contributed by atoms with Crippen LogP contribution in [0, 0.1) is 12.7 Å². The molecule has 88 valence electrons. The van der Waals surface area contributed by atoms with Gasteiger partial charge in [0.05, 0.1) is 5.02 Å². The number of rotatable bonds is 2. The summed E-state index contributed by atoms with van der Waals surface area (Å²) in [5, 5.41) is 6.04. The lowest BCUT2D eigenvalue weighted by molar-refractivity contribution is 0.101. The molecule has 1 aromatic heterocycles. The van der Waals surface area contributed by atoms with Crippen LogP contribution in [0.25, 0.3) is 0 Å². The summed E-state index contributed by atoms with van der Waals surface area (Å²) in [6.45, 7) is 1.70. The van der Waals surface area contributed by atoms with Gasteiger partial charge in [0.2, 0.25) is 0 Å². The first-order valence-corrected chi connectivity index (χ1v) is 5.13. The standard InChI is InChI=1S/C11H8ClFN2O2/c1-6-5-17-15-10(6)11(16)14-7-2-3-9(13)8(12)4-7/h2-5H,1H3,(H,14,16). The lowest BCUT2D eigenvalue weighted by Gasteiger charge is -2.04. The van der Waals surface area contributed by atoms with Gasteiger partial charge in [-0.2, -0.15) is 0 Å². The van der Waals surface area contributed by atoms with Gasteiger partial charge in [-0.25, -0.2) is 4.39 Å². The molecule has 0 saturated carbocycles. The van der Waals surface area contributed by atoms with Crippen LogP contribution in [0.5, 0.6) is 0 Å². The second-order valence-electron chi connectivity index (χ2n) is 3.43. The smallest absolute Gasteiger partial charge is 0.278 e. The number of carbonyl (C=O) groups is 1. The average Bonchev–Trinajstić information content (AvgIpc) is 2.70. The van der Waals surface area contributed by atoms with E-state index in [0.717, 1.165) is 0 Å². The second-order valence-corrected chi connectivity index (χ2v) is 3.84.